The Bertz CT molecular complexity index is 1240. The average molecular weight is 618 g/mol. The molecule has 0 spiro atoms. The zero-order valence-electron chi connectivity index (χ0n) is 23.3. The number of ether oxygens (including phenoxy) is 4. The maximum atomic E-state index is 14.1. The number of hydrogen-bond donors (Lipinski definition) is 0. The maximum Gasteiger partial charge on any atom is 0.260 e. The summed E-state index contributed by atoms with van der Waals surface area (Å²) < 4.78 is 23.0. The van der Waals surface area contributed by atoms with E-state index in [2.05, 4.69) is 35.6 Å². The average Bonchev–Trinajstić information content (AvgIpc) is 3.35. The van der Waals surface area contributed by atoms with Crippen LogP contribution in [0.2, 0.25) is 25.7 Å². The molecule has 0 fully saturated rings. The fourth-order valence-electron chi connectivity index (χ4n) is 4.60. The Balaban J connectivity index is 1.73. The van der Waals surface area contributed by atoms with Crippen molar-refractivity contribution in [2.45, 2.75) is 44.6 Å². The third kappa shape index (κ3) is 6.67. The molecular weight excluding hydrogens is 580 g/mol. The van der Waals surface area contributed by atoms with Crippen LogP contribution < -0.4 is 19.1 Å². The molecule has 0 saturated carbocycles. The first-order chi connectivity index (χ1) is 18.7. The highest BCUT2D eigenvalue weighted by Gasteiger charge is 2.43. The van der Waals surface area contributed by atoms with Gasteiger partial charge in [-0.3, -0.25) is 14.5 Å². The standard InChI is InChI=1S/C29H37BrN2O6Si/c1-35-22-9-6-8-20(14-22)21-15-25-29(34)32(19-37-12-13-39(3,4)5)24-17-27(38-11-7-10-30)26(36-2)16-23(24)28(33)31(25)18-21/h6,8-9,14,16-18,25H,7,10-13,15,19H2,1-5H3/t25-/m0/s1. The zero-order chi connectivity index (χ0) is 28.2. The van der Waals surface area contributed by atoms with Crippen molar-refractivity contribution in [2.24, 2.45) is 0 Å². The van der Waals surface area contributed by atoms with Gasteiger partial charge >= 0.3 is 0 Å². The smallest absolute Gasteiger partial charge is 0.260 e. The Hall–Kier alpha value is -2.82. The number of fused-ring (bicyclic) bond motifs is 2. The number of carbonyl (C=O) groups is 2. The zero-order valence-corrected chi connectivity index (χ0v) is 25.9. The van der Waals surface area contributed by atoms with E-state index in [1.807, 2.05) is 24.3 Å². The minimum Gasteiger partial charge on any atom is -0.497 e. The number of hydrogen-bond acceptors (Lipinski definition) is 6. The lowest BCUT2D eigenvalue weighted by molar-refractivity contribution is -0.122. The van der Waals surface area contributed by atoms with E-state index in [1.54, 1.807) is 42.4 Å². The second-order valence-corrected chi connectivity index (χ2v) is 17.3. The fraction of sp³-hybridized carbons (Fsp3) is 0.448. The number of carbonyl (C=O) groups excluding carboxylic acids is 2. The molecule has 10 heteroatoms. The van der Waals surface area contributed by atoms with Gasteiger partial charge in [0.05, 0.1) is 32.1 Å². The highest BCUT2D eigenvalue weighted by atomic mass is 79.9. The summed E-state index contributed by atoms with van der Waals surface area (Å²) in [5.41, 5.74) is 2.64. The number of nitrogens with zero attached hydrogens (tertiary/aromatic N) is 2. The van der Waals surface area contributed by atoms with Crippen molar-refractivity contribution in [1.29, 1.82) is 0 Å². The van der Waals surface area contributed by atoms with Gasteiger partial charge in [0.1, 0.15) is 18.5 Å². The quantitative estimate of drug-likeness (QED) is 0.171. The van der Waals surface area contributed by atoms with Crippen LogP contribution in [0.4, 0.5) is 5.69 Å². The summed E-state index contributed by atoms with van der Waals surface area (Å²) in [7, 11) is 1.84. The molecule has 0 saturated heterocycles. The molecule has 2 amide bonds. The normalized spacial score (nSPS) is 17.0. The van der Waals surface area contributed by atoms with Gasteiger partial charge in [0.15, 0.2) is 11.5 Å². The van der Waals surface area contributed by atoms with Crippen LogP contribution in [0.15, 0.2) is 42.6 Å². The maximum absolute atomic E-state index is 14.1. The van der Waals surface area contributed by atoms with Crippen molar-refractivity contribution >= 4 is 47.1 Å². The van der Waals surface area contributed by atoms with E-state index in [0.29, 0.717) is 48.1 Å². The first-order valence-electron chi connectivity index (χ1n) is 13.1. The first kappa shape index (κ1) is 29.2. The Morgan fingerprint density at radius 3 is 2.51 bits per heavy atom. The third-order valence-electron chi connectivity index (χ3n) is 6.83. The summed E-state index contributed by atoms with van der Waals surface area (Å²) in [6.45, 7) is 7.92. The Kier molecular flexibility index (Phi) is 9.40. The van der Waals surface area contributed by atoms with Gasteiger partial charge in [-0.1, -0.05) is 47.7 Å². The molecule has 2 aromatic rings. The van der Waals surface area contributed by atoms with E-state index in [9.17, 15) is 9.59 Å². The van der Waals surface area contributed by atoms with Gasteiger partial charge in [-0.2, -0.15) is 0 Å². The molecule has 2 aromatic carbocycles. The van der Waals surface area contributed by atoms with Crippen LogP contribution in [0.5, 0.6) is 17.2 Å². The van der Waals surface area contributed by atoms with Crippen molar-refractivity contribution < 1.29 is 28.5 Å². The molecule has 0 radical (unpaired) electrons. The lowest BCUT2D eigenvalue weighted by Gasteiger charge is -2.26. The number of benzene rings is 2. The van der Waals surface area contributed by atoms with Crippen molar-refractivity contribution in [2.75, 3.05) is 44.4 Å². The Morgan fingerprint density at radius 1 is 1.03 bits per heavy atom. The number of alkyl halides is 1. The number of methoxy groups -OCH3 is 2. The van der Waals surface area contributed by atoms with Crippen molar-refractivity contribution in [3.63, 3.8) is 0 Å². The molecular formula is C29H37BrN2O6Si. The van der Waals surface area contributed by atoms with Gasteiger partial charge in [-0.15, -0.1) is 0 Å². The Morgan fingerprint density at radius 2 is 1.82 bits per heavy atom. The molecule has 0 aromatic heterocycles. The summed E-state index contributed by atoms with van der Waals surface area (Å²) in [5.74, 6) is 1.18. The Labute approximate surface area is 240 Å². The van der Waals surface area contributed by atoms with Crippen LogP contribution in [0.1, 0.15) is 28.8 Å². The van der Waals surface area contributed by atoms with E-state index < -0.39 is 14.1 Å². The molecule has 0 unspecified atom stereocenters. The lowest BCUT2D eigenvalue weighted by atomic mass is 10.0. The SMILES string of the molecule is COc1cccc(C2=CN3C(=O)c4cc(OC)c(OCCCBr)cc4N(COCC[Si](C)(C)C)C(=O)[C@@H]3C2)c1. The topological polar surface area (TPSA) is 77.5 Å². The molecule has 2 aliphatic rings. The van der Waals surface area contributed by atoms with Crippen molar-refractivity contribution in [3.05, 3.63) is 53.7 Å². The van der Waals surface area contributed by atoms with Gasteiger partial charge in [-0.25, -0.2) is 0 Å². The molecule has 2 aliphatic heterocycles. The van der Waals surface area contributed by atoms with E-state index in [4.69, 9.17) is 18.9 Å². The molecule has 8 nitrogen and oxygen atoms in total. The summed E-state index contributed by atoms with van der Waals surface area (Å²) >= 11 is 3.42. The molecule has 210 valence electrons. The predicted octanol–water partition coefficient (Wildman–Crippen LogP) is 5.78. The second kappa shape index (κ2) is 12.6. The summed E-state index contributed by atoms with van der Waals surface area (Å²) in [4.78, 5) is 31.2. The predicted molar refractivity (Wildman–Crippen MR) is 159 cm³/mol. The number of halogens is 1. The van der Waals surface area contributed by atoms with Crippen molar-refractivity contribution in [3.8, 4) is 17.2 Å². The van der Waals surface area contributed by atoms with E-state index in [-0.39, 0.29) is 18.5 Å². The van der Waals surface area contributed by atoms with Crippen LogP contribution in [0.25, 0.3) is 5.57 Å². The molecule has 4 rings (SSSR count). The van der Waals surface area contributed by atoms with Crippen LogP contribution >= 0.6 is 15.9 Å². The van der Waals surface area contributed by atoms with Gasteiger partial charge in [-0.05, 0) is 41.8 Å². The van der Waals surface area contributed by atoms with Gasteiger partial charge in [0, 0.05) is 38.7 Å². The summed E-state index contributed by atoms with van der Waals surface area (Å²) in [6, 6.07) is 11.3. The molecule has 0 aliphatic carbocycles. The van der Waals surface area contributed by atoms with Gasteiger partial charge in [0.2, 0.25) is 0 Å². The van der Waals surface area contributed by atoms with E-state index in [0.717, 1.165) is 28.9 Å². The number of amides is 2. The third-order valence-corrected chi connectivity index (χ3v) is 9.09. The van der Waals surface area contributed by atoms with Crippen molar-refractivity contribution in [1.82, 2.24) is 4.90 Å². The molecule has 39 heavy (non-hydrogen) atoms. The van der Waals surface area contributed by atoms with Crippen LogP contribution in [-0.2, 0) is 9.53 Å². The second-order valence-electron chi connectivity index (χ2n) is 10.8. The summed E-state index contributed by atoms with van der Waals surface area (Å²) in [6.07, 6.45) is 2.98. The highest BCUT2D eigenvalue weighted by molar-refractivity contribution is 9.09. The number of rotatable bonds is 12. The van der Waals surface area contributed by atoms with Gasteiger partial charge in [0.25, 0.3) is 11.8 Å². The summed E-state index contributed by atoms with van der Waals surface area (Å²) in [5, 5.41) is 0.798. The molecule has 1 atom stereocenters. The minimum absolute atomic E-state index is 0.0512. The molecule has 2 heterocycles. The van der Waals surface area contributed by atoms with E-state index in [1.165, 1.54) is 0 Å². The van der Waals surface area contributed by atoms with Gasteiger partial charge < -0.3 is 23.8 Å². The largest absolute Gasteiger partial charge is 0.497 e. The number of anilines is 1. The fourth-order valence-corrected chi connectivity index (χ4v) is 5.58. The van der Waals surface area contributed by atoms with E-state index >= 15 is 0 Å². The highest BCUT2D eigenvalue weighted by Crippen LogP contribution is 2.42. The van der Waals surface area contributed by atoms with Crippen LogP contribution in [0, 0.1) is 0 Å². The van der Waals surface area contributed by atoms with Crippen LogP contribution in [0.3, 0.4) is 0 Å². The first-order valence-corrected chi connectivity index (χ1v) is 18.0. The molecule has 0 N–H and O–H groups in total. The minimum atomic E-state index is -1.32. The van der Waals surface area contributed by atoms with Crippen LogP contribution in [-0.4, -0.2) is 70.3 Å². The molecule has 0 bridgehead atoms. The monoisotopic (exact) mass is 616 g/mol. The lowest BCUT2D eigenvalue weighted by Crippen LogP contribution is -2.45.